The summed E-state index contributed by atoms with van der Waals surface area (Å²) in [5.41, 5.74) is 3.10. The lowest BCUT2D eigenvalue weighted by Crippen LogP contribution is -2.44. The molecule has 11 heteroatoms. The second-order valence-electron chi connectivity index (χ2n) is 11.7. The van der Waals surface area contributed by atoms with E-state index < -0.39 is 36.1 Å². The zero-order valence-electron chi connectivity index (χ0n) is 26.2. The number of hydrogen-bond acceptors (Lipinski definition) is 6. The van der Waals surface area contributed by atoms with Gasteiger partial charge in [0.15, 0.2) is 0 Å². The molecule has 4 aromatic rings. The van der Waals surface area contributed by atoms with Gasteiger partial charge in [-0.1, -0.05) is 61.0 Å². The van der Waals surface area contributed by atoms with Crippen molar-refractivity contribution in [2.45, 2.75) is 72.4 Å². The number of benzene rings is 3. The number of amides is 2. The summed E-state index contributed by atoms with van der Waals surface area (Å²) in [6.07, 6.45) is -1.25. The Morgan fingerprint density at radius 1 is 1.02 bits per heavy atom. The minimum absolute atomic E-state index is 0.0271. The first-order valence-electron chi connectivity index (χ1n) is 15.0. The summed E-state index contributed by atoms with van der Waals surface area (Å²) in [5.74, 6) is -0.425. The number of H-pyrrole nitrogens is 1. The van der Waals surface area contributed by atoms with Gasteiger partial charge in [-0.15, -0.1) is 0 Å². The first kappa shape index (κ1) is 31.8. The molecule has 1 saturated heterocycles. The third kappa shape index (κ3) is 6.76. The van der Waals surface area contributed by atoms with Crippen LogP contribution in [0.25, 0.3) is 0 Å². The van der Waals surface area contributed by atoms with Gasteiger partial charge in [0.2, 0.25) is 11.5 Å². The van der Waals surface area contributed by atoms with Crippen molar-refractivity contribution >= 4 is 29.3 Å². The van der Waals surface area contributed by atoms with Crippen molar-refractivity contribution in [2.75, 3.05) is 0 Å². The molecule has 5 rings (SSSR count). The number of halogens is 1. The maximum atomic E-state index is 13.9. The van der Waals surface area contributed by atoms with Gasteiger partial charge < -0.3 is 9.47 Å². The van der Waals surface area contributed by atoms with Crippen LogP contribution in [-0.2, 0) is 16.1 Å². The van der Waals surface area contributed by atoms with Crippen LogP contribution < -0.4 is 16.0 Å². The van der Waals surface area contributed by atoms with E-state index >= 15 is 0 Å². The summed E-state index contributed by atoms with van der Waals surface area (Å²) in [7, 11) is 0. The highest BCUT2D eigenvalue weighted by molar-refractivity contribution is 6.30. The molecule has 4 atom stereocenters. The molecule has 10 nitrogen and oxygen atoms in total. The molecule has 0 bridgehead atoms. The highest BCUT2D eigenvalue weighted by Gasteiger charge is 2.45. The van der Waals surface area contributed by atoms with Crippen LogP contribution in [0.3, 0.4) is 0 Å². The van der Waals surface area contributed by atoms with E-state index in [0.29, 0.717) is 16.3 Å². The Bertz CT molecular complexity index is 1810. The minimum atomic E-state index is -0.752. The van der Waals surface area contributed by atoms with E-state index in [2.05, 4.69) is 5.10 Å². The highest BCUT2D eigenvalue weighted by Crippen LogP contribution is 2.34. The SMILES string of the molecule is Cc1cc(/N=c2\[nH]n([C@H](C)[C@@H](C)C(=O)N3C(=O)O[C@@H](c4ccccc4)[C@H]3C)c(=O)n2Cc2ccc(Cl)cc2)ccc1OC(C)C. The number of ether oxygens (including phenoxy) is 2. The van der Waals surface area contributed by atoms with E-state index in [0.717, 1.165) is 27.3 Å². The van der Waals surface area contributed by atoms with Gasteiger partial charge in [-0.25, -0.2) is 24.2 Å². The molecule has 1 fully saturated rings. The Morgan fingerprint density at radius 3 is 2.36 bits per heavy atom. The lowest BCUT2D eigenvalue weighted by Gasteiger charge is -2.25. The van der Waals surface area contributed by atoms with E-state index in [1.54, 1.807) is 32.9 Å². The van der Waals surface area contributed by atoms with Gasteiger partial charge >= 0.3 is 11.8 Å². The van der Waals surface area contributed by atoms with Gasteiger partial charge in [-0.2, -0.15) is 0 Å². The van der Waals surface area contributed by atoms with Crippen molar-refractivity contribution in [3.05, 3.63) is 111 Å². The average Bonchev–Trinajstić information content (AvgIpc) is 3.48. The Labute approximate surface area is 266 Å². The van der Waals surface area contributed by atoms with Gasteiger partial charge in [0, 0.05) is 5.02 Å². The number of cyclic esters (lactones) is 1. The molecule has 3 aromatic carbocycles. The normalized spacial score (nSPS) is 18.3. The zero-order valence-corrected chi connectivity index (χ0v) is 27.0. The molecular weight excluding hydrogens is 594 g/mol. The van der Waals surface area contributed by atoms with Gasteiger partial charge in [0.05, 0.1) is 36.3 Å². The lowest BCUT2D eigenvalue weighted by molar-refractivity contribution is -0.134. The van der Waals surface area contributed by atoms with E-state index in [4.69, 9.17) is 26.1 Å². The van der Waals surface area contributed by atoms with Crippen molar-refractivity contribution in [1.82, 2.24) is 19.2 Å². The molecule has 1 aliphatic heterocycles. The summed E-state index contributed by atoms with van der Waals surface area (Å²) in [6, 6.07) is 20.9. The number of hydrogen-bond donors (Lipinski definition) is 1. The van der Waals surface area contributed by atoms with Gasteiger partial charge in [-0.3, -0.25) is 14.5 Å². The Morgan fingerprint density at radius 2 is 1.71 bits per heavy atom. The molecule has 1 aromatic heterocycles. The molecule has 1 N–H and O–H groups in total. The number of nitrogens with one attached hydrogen (secondary N) is 1. The number of aromatic amines is 1. The van der Waals surface area contributed by atoms with Crippen molar-refractivity contribution in [3.8, 4) is 5.75 Å². The van der Waals surface area contributed by atoms with E-state index in [-0.39, 0.29) is 18.3 Å². The molecule has 1 aliphatic rings. The number of aryl methyl sites for hydroxylation is 1. The van der Waals surface area contributed by atoms with Crippen LogP contribution in [-0.4, -0.2) is 43.4 Å². The highest BCUT2D eigenvalue weighted by atomic mass is 35.5. The Hall–Kier alpha value is -4.57. The van der Waals surface area contributed by atoms with E-state index in [1.165, 1.54) is 9.25 Å². The number of carbonyl (C=O) groups excluding carboxylic acids is 2. The topological polar surface area (TPSA) is 111 Å². The number of aromatic nitrogens is 3. The summed E-state index contributed by atoms with van der Waals surface area (Å²) >= 11 is 6.10. The first-order valence-corrected chi connectivity index (χ1v) is 15.4. The van der Waals surface area contributed by atoms with Crippen molar-refractivity contribution in [3.63, 3.8) is 0 Å². The van der Waals surface area contributed by atoms with Crippen molar-refractivity contribution in [1.29, 1.82) is 0 Å². The fourth-order valence-corrected chi connectivity index (χ4v) is 5.55. The molecule has 0 unspecified atom stereocenters. The third-order valence-electron chi connectivity index (χ3n) is 8.08. The zero-order chi connectivity index (χ0) is 32.4. The number of carbonyl (C=O) groups is 2. The van der Waals surface area contributed by atoms with Gasteiger partial charge in [-0.05, 0) is 81.6 Å². The van der Waals surface area contributed by atoms with Crippen LogP contribution >= 0.6 is 11.6 Å². The molecular formula is C34H38ClN5O5. The van der Waals surface area contributed by atoms with Crippen LogP contribution in [0.4, 0.5) is 10.5 Å². The predicted octanol–water partition coefficient (Wildman–Crippen LogP) is 6.31. The largest absolute Gasteiger partial charge is 0.491 e. The minimum Gasteiger partial charge on any atom is -0.491 e. The molecule has 0 radical (unpaired) electrons. The number of imide groups is 1. The predicted molar refractivity (Wildman–Crippen MR) is 172 cm³/mol. The Balaban J connectivity index is 1.49. The standard InChI is InChI=1S/C34H38ClN5O5/c1-20(2)44-29-17-16-28(18-21(29)3)36-32-37-40(33(42)38(32)19-25-12-14-27(35)15-13-25)23(5)22(4)31(41)39-24(6)30(45-34(39)43)26-10-8-7-9-11-26/h7-18,20,22-24,30H,19H2,1-6H3,(H,36,37)/t22-,23-,24-,30-/m1/s1. The smallest absolute Gasteiger partial charge is 0.417 e. The fourth-order valence-electron chi connectivity index (χ4n) is 5.42. The van der Waals surface area contributed by atoms with Crippen LogP contribution in [0.2, 0.25) is 5.02 Å². The van der Waals surface area contributed by atoms with Crippen LogP contribution in [0, 0.1) is 12.8 Å². The summed E-state index contributed by atoms with van der Waals surface area (Å²) < 4.78 is 14.4. The number of rotatable bonds is 9. The molecule has 2 amide bonds. The molecule has 236 valence electrons. The van der Waals surface area contributed by atoms with Crippen LogP contribution in [0.15, 0.2) is 82.6 Å². The Kier molecular flexibility index (Phi) is 9.34. The summed E-state index contributed by atoms with van der Waals surface area (Å²) in [4.78, 5) is 46.5. The van der Waals surface area contributed by atoms with Crippen LogP contribution in [0.1, 0.15) is 63.5 Å². The first-order chi connectivity index (χ1) is 21.4. The maximum Gasteiger partial charge on any atom is 0.417 e. The third-order valence-corrected chi connectivity index (χ3v) is 8.33. The van der Waals surface area contributed by atoms with Crippen molar-refractivity contribution in [2.24, 2.45) is 10.9 Å². The fraction of sp³-hybridized carbons (Fsp3) is 0.353. The summed E-state index contributed by atoms with van der Waals surface area (Å²) in [6.45, 7) is 11.3. The van der Waals surface area contributed by atoms with E-state index in [1.807, 2.05) is 81.4 Å². The molecule has 0 aliphatic carbocycles. The van der Waals surface area contributed by atoms with Gasteiger partial charge in [0.1, 0.15) is 11.9 Å². The quantitative estimate of drug-likeness (QED) is 0.233. The second-order valence-corrected chi connectivity index (χ2v) is 12.2. The molecule has 0 spiro atoms. The number of nitrogens with zero attached hydrogens (tertiary/aromatic N) is 4. The van der Waals surface area contributed by atoms with Crippen LogP contribution in [0.5, 0.6) is 5.75 Å². The molecule has 2 heterocycles. The van der Waals surface area contributed by atoms with Crippen molar-refractivity contribution < 1.29 is 19.1 Å². The van der Waals surface area contributed by atoms with Gasteiger partial charge in [0.25, 0.3) is 0 Å². The summed E-state index contributed by atoms with van der Waals surface area (Å²) in [5, 5.41) is 3.72. The maximum absolute atomic E-state index is 13.9. The average molecular weight is 632 g/mol. The van der Waals surface area contributed by atoms with E-state index in [9.17, 15) is 14.4 Å². The second kappa shape index (κ2) is 13.2. The molecule has 0 saturated carbocycles. The monoisotopic (exact) mass is 631 g/mol. The molecule has 45 heavy (non-hydrogen) atoms. The lowest BCUT2D eigenvalue weighted by atomic mass is 9.99.